The van der Waals surface area contributed by atoms with E-state index in [1.165, 1.54) is 11.3 Å². The van der Waals surface area contributed by atoms with Crippen LogP contribution in [0.25, 0.3) is 0 Å². The molecule has 1 fully saturated rings. The van der Waals surface area contributed by atoms with Crippen molar-refractivity contribution >= 4 is 17.2 Å². The SMILES string of the molecule is Cc1ccc(C(=O)NCC2(O)CCC(C)(C)CC2)s1. The molecule has 0 aromatic carbocycles. The number of amides is 1. The van der Waals surface area contributed by atoms with Crippen molar-refractivity contribution in [3.8, 4) is 0 Å². The van der Waals surface area contributed by atoms with Crippen LogP contribution < -0.4 is 5.32 Å². The van der Waals surface area contributed by atoms with Crippen molar-refractivity contribution in [3.63, 3.8) is 0 Å². The molecule has 0 spiro atoms. The molecule has 0 bridgehead atoms. The molecular formula is C15H23NO2S. The van der Waals surface area contributed by atoms with E-state index < -0.39 is 5.60 Å². The average molecular weight is 281 g/mol. The normalized spacial score (nSPS) is 21.1. The lowest BCUT2D eigenvalue weighted by atomic mass is 9.71. The Kier molecular flexibility index (Phi) is 4.02. The summed E-state index contributed by atoms with van der Waals surface area (Å²) < 4.78 is 0. The van der Waals surface area contributed by atoms with Gasteiger partial charge < -0.3 is 10.4 Å². The lowest BCUT2D eigenvalue weighted by Gasteiger charge is -2.40. The first-order chi connectivity index (χ1) is 8.80. The van der Waals surface area contributed by atoms with Crippen LogP contribution in [0.3, 0.4) is 0 Å². The zero-order chi connectivity index (χ0) is 14.1. The summed E-state index contributed by atoms with van der Waals surface area (Å²) in [6.45, 7) is 6.82. The van der Waals surface area contributed by atoms with Crippen LogP contribution in [-0.2, 0) is 0 Å². The summed E-state index contributed by atoms with van der Waals surface area (Å²) in [4.78, 5) is 13.8. The molecule has 0 saturated heterocycles. The molecule has 1 aliphatic rings. The van der Waals surface area contributed by atoms with Crippen molar-refractivity contribution in [1.82, 2.24) is 5.32 Å². The lowest BCUT2D eigenvalue weighted by molar-refractivity contribution is -0.0232. The third-order valence-electron chi connectivity index (χ3n) is 4.08. The molecule has 2 N–H and O–H groups in total. The number of nitrogens with one attached hydrogen (secondary N) is 1. The maximum atomic E-state index is 12.0. The van der Waals surface area contributed by atoms with E-state index in [4.69, 9.17) is 0 Å². The van der Waals surface area contributed by atoms with Gasteiger partial charge in [0.15, 0.2) is 0 Å². The fraction of sp³-hybridized carbons (Fsp3) is 0.667. The zero-order valence-corrected chi connectivity index (χ0v) is 12.8. The molecule has 1 aromatic heterocycles. The quantitative estimate of drug-likeness (QED) is 0.894. The number of aliphatic hydroxyl groups is 1. The molecule has 0 atom stereocenters. The highest BCUT2D eigenvalue weighted by molar-refractivity contribution is 7.13. The molecule has 0 radical (unpaired) electrons. The summed E-state index contributed by atoms with van der Waals surface area (Å²) in [5, 5.41) is 13.4. The van der Waals surface area contributed by atoms with Crippen LogP contribution in [0.5, 0.6) is 0 Å². The fourth-order valence-corrected chi connectivity index (χ4v) is 3.24. The first-order valence-corrected chi connectivity index (χ1v) is 7.68. The van der Waals surface area contributed by atoms with E-state index in [-0.39, 0.29) is 5.91 Å². The number of hydrogen-bond donors (Lipinski definition) is 2. The molecule has 106 valence electrons. The maximum Gasteiger partial charge on any atom is 0.261 e. The third kappa shape index (κ3) is 3.80. The minimum Gasteiger partial charge on any atom is -0.388 e. The second-order valence-corrected chi connectivity index (χ2v) is 7.77. The fourth-order valence-electron chi connectivity index (χ4n) is 2.46. The van der Waals surface area contributed by atoms with E-state index in [9.17, 15) is 9.90 Å². The van der Waals surface area contributed by atoms with Gasteiger partial charge >= 0.3 is 0 Å². The Morgan fingerprint density at radius 2 is 1.95 bits per heavy atom. The van der Waals surface area contributed by atoms with Crippen molar-refractivity contribution in [3.05, 3.63) is 21.9 Å². The van der Waals surface area contributed by atoms with Gasteiger partial charge in [-0.1, -0.05) is 13.8 Å². The van der Waals surface area contributed by atoms with Crippen molar-refractivity contribution < 1.29 is 9.90 Å². The van der Waals surface area contributed by atoms with Crippen LogP contribution >= 0.6 is 11.3 Å². The standard InChI is InChI=1S/C15H23NO2S/c1-11-4-5-12(19-11)13(17)16-10-15(18)8-6-14(2,3)7-9-15/h4-5,18H,6-10H2,1-3H3,(H,16,17). The number of hydrogen-bond acceptors (Lipinski definition) is 3. The van der Waals surface area contributed by atoms with Crippen LogP contribution in [0.4, 0.5) is 0 Å². The highest BCUT2D eigenvalue weighted by Gasteiger charge is 2.36. The van der Waals surface area contributed by atoms with Crippen molar-refractivity contribution in [2.45, 2.75) is 52.1 Å². The number of carbonyl (C=O) groups is 1. The molecule has 1 amide bonds. The van der Waals surface area contributed by atoms with E-state index in [2.05, 4.69) is 19.2 Å². The average Bonchev–Trinajstić information content (AvgIpc) is 2.78. The summed E-state index contributed by atoms with van der Waals surface area (Å²) in [6.07, 6.45) is 3.56. The number of aryl methyl sites for hydroxylation is 1. The van der Waals surface area contributed by atoms with Gasteiger partial charge in [-0.15, -0.1) is 11.3 Å². The van der Waals surface area contributed by atoms with E-state index in [0.717, 1.165) is 35.4 Å². The van der Waals surface area contributed by atoms with E-state index in [1.807, 2.05) is 19.1 Å². The molecule has 4 heteroatoms. The first kappa shape index (κ1) is 14.5. The number of rotatable bonds is 3. The van der Waals surface area contributed by atoms with Gasteiger partial charge in [-0.25, -0.2) is 0 Å². The highest BCUT2D eigenvalue weighted by Crippen LogP contribution is 2.39. The van der Waals surface area contributed by atoms with Gasteiger partial charge in [0.25, 0.3) is 5.91 Å². The Bertz CT molecular complexity index is 454. The van der Waals surface area contributed by atoms with Crippen molar-refractivity contribution in [2.75, 3.05) is 6.54 Å². The van der Waals surface area contributed by atoms with E-state index in [1.54, 1.807) is 0 Å². The predicted octanol–water partition coefficient (Wildman–Crippen LogP) is 3.12. The van der Waals surface area contributed by atoms with E-state index in [0.29, 0.717) is 12.0 Å². The first-order valence-electron chi connectivity index (χ1n) is 6.87. The summed E-state index contributed by atoms with van der Waals surface area (Å²) in [5.41, 5.74) is -0.404. The second-order valence-electron chi connectivity index (χ2n) is 6.48. The Balaban J connectivity index is 1.87. The molecule has 1 saturated carbocycles. The number of carbonyl (C=O) groups excluding carboxylic acids is 1. The Labute approximate surface area is 119 Å². The summed E-state index contributed by atoms with van der Waals surface area (Å²) in [7, 11) is 0. The van der Waals surface area contributed by atoms with Crippen LogP contribution in [0, 0.1) is 12.3 Å². The molecule has 1 heterocycles. The van der Waals surface area contributed by atoms with Crippen LogP contribution in [0.15, 0.2) is 12.1 Å². The van der Waals surface area contributed by atoms with Gasteiger partial charge in [-0.3, -0.25) is 4.79 Å². The van der Waals surface area contributed by atoms with Crippen molar-refractivity contribution in [2.24, 2.45) is 5.41 Å². The minimum atomic E-state index is -0.725. The van der Waals surface area contributed by atoms with E-state index >= 15 is 0 Å². The van der Waals surface area contributed by atoms with Crippen LogP contribution in [0.2, 0.25) is 0 Å². The third-order valence-corrected chi connectivity index (χ3v) is 5.08. The molecule has 0 aliphatic heterocycles. The van der Waals surface area contributed by atoms with Gasteiger partial charge in [0, 0.05) is 11.4 Å². The smallest absolute Gasteiger partial charge is 0.261 e. The van der Waals surface area contributed by atoms with Crippen LogP contribution in [-0.4, -0.2) is 23.2 Å². The topological polar surface area (TPSA) is 49.3 Å². The molecule has 19 heavy (non-hydrogen) atoms. The second kappa shape index (κ2) is 5.25. The summed E-state index contributed by atoms with van der Waals surface area (Å²) in [5.74, 6) is -0.0728. The molecule has 1 aliphatic carbocycles. The van der Waals surface area contributed by atoms with Gasteiger partial charge in [0.1, 0.15) is 0 Å². The Hall–Kier alpha value is -0.870. The monoisotopic (exact) mass is 281 g/mol. The molecule has 0 unspecified atom stereocenters. The molecule has 3 nitrogen and oxygen atoms in total. The van der Waals surface area contributed by atoms with Gasteiger partial charge in [0.05, 0.1) is 10.5 Å². The number of thiophene rings is 1. The zero-order valence-electron chi connectivity index (χ0n) is 12.0. The van der Waals surface area contributed by atoms with Gasteiger partial charge in [-0.2, -0.15) is 0 Å². The molecule has 1 aromatic rings. The maximum absolute atomic E-state index is 12.0. The largest absolute Gasteiger partial charge is 0.388 e. The Morgan fingerprint density at radius 1 is 1.32 bits per heavy atom. The van der Waals surface area contributed by atoms with Crippen LogP contribution in [0.1, 0.15) is 54.1 Å². The summed E-state index contributed by atoms with van der Waals surface area (Å²) in [6, 6.07) is 3.78. The lowest BCUT2D eigenvalue weighted by Crippen LogP contribution is -2.46. The summed E-state index contributed by atoms with van der Waals surface area (Å²) >= 11 is 1.49. The minimum absolute atomic E-state index is 0.0728. The Morgan fingerprint density at radius 3 is 2.47 bits per heavy atom. The van der Waals surface area contributed by atoms with Crippen molar-refractivity contribution in [1.29, 1.82) is 0 Å². The molecule has 2 rings (SSSR count). The predicted molar refractivity (Wildman–Crippen MR) is 78.6 cm³/mol. The molecular weight excluding hydrogens is 258 g/mol. The highest BCUT2D eigenvalue weighted by atomic mass is 32.1. The van der Waals surface area contributed by atoms with Gasteiger partial charge in [0.2, 0.25) is 0 Å². The van der Waals surface area contributed by atoms with Gasteiger partial charge in [-0.05, 0) is 50.2 Å².